The summed E-state index contributed by atoms with van der Waals surface area (Å²) in [5.41, 5.74) is 2.59. The van der Waals surface area contributed by atoms with E-state index in [2.05, 4.69) is 29.1 Å². The van der Waals surface area contributed by atoms with Crippen molar-refractivity contribution in [2.75, 3.05) is 0 Å². The lowest BCUT2D eigenvalue weighted by Crippen LogP contribution is -1.88. The molecular formula is C12H13N. The summed E-state index contributed by atoms with van der Waals surface area (Å²) >= 11 is 0. The molecule has 1 atom stereocenters. The lowest BCUT2D eigenvalue weighted by Gasteiger charge is -2.02. The fourth-order valence-electron chi connectivity index (χ4n) is 1.56. The van der Waals surface area contributed by atoms with E-state index in [0.29, 0.717) is 0 Å². The van der Waals surface area contributed by atoms with Gasteiger partial charge in [-0.05, 0) is 30.4 Å². The summed E-state index contributed by atoms with van der Waals surface area (Å²) < 4.78 is 0. The van der Waals surface area contributed by atoms with Crippen LogP contribution < -0.4 is 0 Å². The molecule has 1 fully saturated rings. The zero-order chi connectivity index (χ0) is 9.26. The minimum atomic E-state index is 0.0127. The van der Waals surface area contributed by atoms with E-state index in [1.807, 2.05) is 6.92 Å². The number of rotatable bonds is 2. The van der Waals surface area contributed by atoms with Gasteiger partial charge in [0.05, 0.1) is 0 Å². The predicted octanol–water partition coefficient (Wildman–Crippen LogP) is 3.54. The second-order valence-electron chi connectivity index (χ2n) is 3.75. The van der Waals surface area contributed by atoms with Gasteiger partial charge in [0.1, 0.15) is 0 Å². The van der Waals surface area contributed by atoms with Crippen molar-refractivity contribution in [3.8, 4) is 0 Å². The lowest BCUT2D eigenvalue weighted by atomic mass is 10.0. The molecule has 0 saturated heterocycles. The second kappa shape index (κ2) is 3.22. The summed E-state index contributed by atoms with van der Waals surface area (Å²) in [6, 6.07) is 8.51. The molecule has 0 N–H and O–H groups in total. The Hall–Kier alpha value is -1.29. The molecule has 0 aliphatic heterocycles. The summed E-state index contributed by atoms with van der Waals surface area (Å²) in [5, 5.41) is 0. The SMILES string of the molecule is [C-]#[N+]C(C)c1cccc(C2CC2)c1. The van der Waals surface area contributed by atoms with Crippen molar-refractivity contribution >= 4 is 0 Å². The third kappa shape index (κ3) is 1.72. The highest BCUT2D eigenvalue weighted by Crippen LogP contribution is 2.40. The molecule has 0 aromatic heterocycles. The molecule has 2 rings (SSSR count). The Morgan fingerprint density at radius 2 is 2.23 bits per heavy atom. The van der Waals surface area contributed by atoms with Crippen LogP contribution in [0, 0.1) is 6.57 Å². The van der Waals surface area contributed by atoms with Crippen molar-refractivity contribution in [3.63, 3.8) is 0 Å². The standard InChI is InChI=1S/C12H13N/c1-9(13-2)11-4-3-5-12(8-11)10-6-7-10/h3-5,8-10H,6-7H2,1H3. The van der Waals surface area contributed by atoms with Crippen LogP contribution in [0.25, 0.3) is 4.85 Å². The van der Waals surface area contributed by atoms with Gasteiger partial charge in [0, 0.05) is 12.5 Å². The van der Waals surface area contributed by atoms with Crippen LogP contribution in [0.1, 0.15) is 42.9 Å². The first-order chi connectivity index (χ1) is 6.31. The Balaban J connectivity index is 2.27. The van der Waals surface area contributed by atoms with Gasteiger partial charge in [0.2, 0.25) is 6.04 Å². The first-order valence-corrected chi connectivity index (χ1v) is 4.77. The van der Waals surface area contributed by atoms with E-state index >= 15 is 0 Å². The van der Waals surface area contributed by atoms with E-state index in [1.54, 1.807) is 0 Å². The maximum atomic E-state index is 6.96. The van der Waals surface area contributed by atoms with Crippen LogP contribution in [-0.2, 0) is 0 Å². The number of benzene rings is 1. The molecule has 13 heavy (non-hydrogen) atoms. The molecule has 66 valence electrons. The van der Waals surface area contributed by atoms with Gasteiger partial charge in [-0.15, -0.1) is 0 Å². The fraction of sp³-hybridized carbons (Fsp3) is 0.417. The molecule has 0 heterocycles. The smallest absolute Gasteiger partial charge is 0.245 e. The van der Waals surface area contributed by atoms with E-state index in [4.69, 9.17) is 6.57 Å². The Labute approximate surface area is 79.2 Å². The third-order valence-electron chi connectivity index (χ3n) is 2.64. The van der Waals surface area contributed by atoms with Crippen molar-refractivity contribution in [1.29, 1.82) is 0 Å². The summed E-state index contributed by atoms with van der Waals surface area (Å²) in [4.78, 5) is 3.53. The van der Waals surface area contributed by atoms with Crippen LogP contribution >= 0.6 is 0 Å². The highest BCUT2D eigenvalue weighted by Gasteiger charge is 2.24. The Bertz CT molecular complexity index is 344. The molecule has 0 bridgehead atoms. The molecule has 1 aromatic carbocycles. The zero-order valence-electron chi connectivity index (χ0n) is 7.83. The van der Waals surface area contributed by atoms with Crippen molar-refractivity contribution < 1.29 is 0 Å². The van der Waals surface area contributed by atoms with Gasteiger partial charge in [-0.25, -0.2) is 6.57 Å². The minimum Gasteiger partial charge on any atom is -0.309 e. The van der Waals surface area contributed by atoms with Crippen molar-refractivity contribution in [3.05, 3.63) is 46.8 Å². The minimum absolute atomic E-state index is 0.0127. The molecule has 1 aliphatic rings. The van der Waals surface area contributed by atoms with E-state index in [1.165, 1.54) is 24.0 Å². The van der Waals surface area contributed by atoms with Crippen molar-refractivity contribution in [2.24, 2.45) is 0 Å². The van der Waals surface area contributed by atoms with Gasteiger partial charge in [0.25, 0.3) is 0 Å². The predicted molar refractivity (Wildman–Crippen MR) is 53.4 cm³/mol. The average molecular weight is 171 g/mol. The fourth-order valence-corrected chi connectivity index (χ4v) is 1.56. The largest absolute Gasteiger partial charge is 0.309 e. The Kier molecular flexibility index (Phi) is 2.06. The van der Waals surface area contributed by atoms with Gasteiger partial charge >= 0.3 is 0 Å². The zero-order valence-corrected chi connectivity index (χ0v) is 7.83. The summed E-state index contributed by atoms with van der Waals surface area (Å²) in [7, 11) is 0. The molecule has 1 nitrogen and oxygen atoms in total. The molecule has 0 radical (unpaired) electrons. The van der Waals surface area contributed by atoms with Gasteiger partial charge in [-0.2, -0.15) is 0 Å². The van der Waals surface area contributed by atoms with Gasteiger partial charge in [-0.1, -0.05) is 18.2 Å². The molecule has 0 spiro atoms. The van der Waals surface area contributed by atoms with Crippen LogP contribution in [0.4, 0.5) is 0 Å². The van der Waals surface area contributed by atoms with Crippen LogP contribution in [0.5, 0.6) is 0 Å². The number of nitrogens with zero attached hydrogens (tertiary/aromatic N) is 1. The summed E-state index contributed by atoms with van der Waals surface area (Å²) in [6.45, 7) is 8.92. The van der Waals surface area contributed by atoms with E-state index in [-0.39, 0.29) is 6.04 Å². The first-order valence-electron chi connectivity index (χ1n) is 4.77. The quantitative estimate of drug-likeness (QED) is 0.599. The molecule has 1 aliphatic carbocycles. The number of hydrogen-bond acceptors (Lipinski definition) is 0. The molecule has 1 saturated carbocycles. The van der Waals surface area contributed by atoms with Crippen molar-refractivity contribution in [2.45, 2.75) is 31.7 Å². The van der Waals surface area contributed by atoms with Gasteiger partial charge < -0.3 is 4.85 Å². The number of hydrogen-bond donors (Lipinski definition) is 0. The van der Waals surface area contributed by atoms with Gasteiger partial charge in [-0.3, -0.25) is 0 Å². The molecular weight excluding hydrogens is 158 g/mol. The van der Waals surface area contributed by atoms with E-state index < -0.39 is 0 Å². The van der Waals surface area contributed by atoms with Crippen LogP contribution in [-0.4, -0.2) is 0 Å². The summed E-state index contributed by atoms with van der Waals surface area (Å²) in [5.74, 6) is 0.790. The monoisotopic (exact) mass is 171 g/mol. The maximum absolute atomic E-state index is 6.96. The molecule has 1 aromatic rings. The second-order valence-corrected chi connectivity index (χ2v) is 3.75. The topological polar surface area (TPSA) is 4.36 Å². The molecule has 1 heteroatoms. The Morgan fingerprint density at radius 3 is 2.85 bits per heavy atom. The first kappa shape index (κ1) is 8.31. The van der Waals surface area contributed by atoms with Crippen LogP contribution in [0.2, 0.25) is 0 Å². The van der Waals surface area contributed by atoms with Crippen LogP contribution in [0.15, 0.2) is 24.3 Å². The average Bonchev–Trinajstić information content (AvgIpc) is 3.00. The van der Waals surface area contributed by atoms with Gasteiger partial charge in [0.15, 0.2) is 0 Å². The van der Waals surface area contributed by atoms with E-state index in [9.17, 15) is 0 Å². The third-order valence-corrected chi connectivity index (χ3v) is 2.64. The van der Waals surface area contributed by atoms with E-state index in [0.717, 1.165) is 5.92 Å². The van der Waals surface area contributed by atoms with Crippen LogP contribution in [0.3, 0.4) is 0 Å². The highest BCUT2D eigenvalue weighted by molar-refractivity contribution is 5.31. The Morgan fingerprint density at radius 1 is 1.46 bits per heavy atom. The lowest BCUT2D eigenvalue weighted by molar-refractivity contribution is 0.951. The molecule has 0 amide bonds. The maximum Gasteiger partial charge on any atom is 0.245 e. The molecule has 1 unspecified atom stereocenters. The summed E-state index contributed by atoms with van der Waals surface area (Å²) in [6.07, 6.45) is 2.66. The normalized spacial score (nSPS) is 17.8. The highest BCUT2D eigenvalue weighted by atomic mass is 14.7. The van der Waals surface area contributed by atoms with Crippen molar-refractivity contribution in [1.82, 2.24) is 0 Å².